The van der Waals surface area contributed by atoms with E-state index >= 15 is 0 Å². The first-order valence-corrected chi connectivity index (χ1v) is 10.3. The van der Waals surface area contributed by atoms with Gasteiger partial charge in [0.25, 0.3) is 0 Å². The molecule has 2 aliphatic heterocycles. The summed E-state index contributed by atoms with van der Waals surface area (Å²) in [5, 5.41) is 14.6. The van der Waals surface area contributed by atoms with Gasteiger partial charge in [-0.05, 0) is 18.9 Å². The Morgan fingerprint density at radius 1 is 1.40 bits per heavy atom. The van der Waals surface area contributed by atoms with Crippen molar-refractivity contribution >= 4 is 17.3 Å². The highest BCUT2D eigenvalue weighted by Crippen LogP contribution is 2.34. The van der Waals surface area contributed by atoms with Crippen LogP contribution in [0.2, 0.25) is 0 Å². The highest BCUT2D eigenvalue weighted by molar-refractivity contribution is 7.09. The molecule has 2 atom stereocenters. The Hall–Kier alpha value is -2.02. The number of thiazole rings is 1. The van der Waals surface area contributed by atoms with Gasteiger partial charge in [-0.15, -0.1) is 11.3 Å². The van der Waals surface area contributed by atoms with Crippen LogP contribution in [0.5, 0.6) is 0 Å². The van der Waals surface area contributed by atoms with Gasteiger partial charge in [0.2, 0.25) is 0 Å². The predicted octanol–water partition coefficient (Wildman–Crippen LogP) is 2.42. The number of carbonyl (C=O) groups is 1. The van der Waals surface area contributed by atoms with Crippen LogP contribution in [0.1, 0.15) is 17.8 Å². The lowest BCUT2D eigenvalue weighted by molar-refractivity contribution is -0.192. The van der Waals surface area contributed by atoms with Gasteiger partial charge in [0.05, 0.1) is 32.4 Å². The van der Waals surface area contributed by atoms with E-state index in [0.29, 0.717) is 6.61 Å². The molecule has 0 aromatic carbocycles. The van der Waals surface area contributed by atoms with Gasteiger partial charge in [0, 0.05) is 37.1 Å². The molecule has 0 amide bonds. The van der Waals surface area contributed by atoms with Crippen LogP contribution in [-0.4, -0.2) is 74.9 Å². The van der Waals surface area contributed by atoms with Crippen molar-refractivity contribution in [3.63, 3.8) is 0 Å². The Bertz CT molecular complexity index is 788. The Morgan fingerprint density at radius 2 is 2.20 bits per heavy atom. The van der Waals surface area contributed by atoms with Gasteiger partial charge in [-0.1, -0.05) is 0 Å². The van der Waals surface area contributed by atoms with Gasteiger partial charge in [0.15, 0.2) is 0 Å². The van der Waals surface area contributed by atoms with E-state index in [2.05, 4.69) is 15.0 Å². The molecule has 166 valence electrons. The standard InChI is InChI=1S/C16H22N4O2S.C2HF3O2/c1-4-18-20(6-1)10-14-2-3-16(22-14)12-19(7-8-21-13-16)11-15-17-5-9-23-15;3-2(4,5)1(6)7/h1,4-6,9,14H,2-3,7-8,10-13H2;(H,6,7). The predicted molar refractivity (Wildman–Crippen MR) is 101 cm³/mol. The van der Waals surface area contributed by atoms with Crippen LogP contribution in [0.25, 0.3) is 0 Å². The summed E-state index contributed by atoms with van der Waals surface area (Å²) >= 11 is 1.71. The molecule has 1 spiro atoms. The van der Waals surface area contributed by atoms with Crippen LogP contribution in [-0.2, 0) is 27.4 Å². The number of rotatable bonds is 4. The summed E-state index contributed by atoms with van der Waals surface area (Å²) in [6.45, 7) is 5.02. The molecule has 12 heteroatoms. The van der Waals surface area contributed by atoms with E-state index in [0.717, 1.165) is 50.6 Å². The zero-order valence-corrected chi connectivity index (χ0v) is 16.9. The Balaban J connectivity index is 0.000000318. The van der Waals surface area contributed by atoms with Crippen molar-refractivity contribution in [1.29, 1.82) is 0 Å². The molecule has 4 heterocycles. The van der Waals surface area contributed by atoms with Gasteiger partial charge in [-0.25, -0.2) is 9.78 Å². The third kappa shape index (κ3) is 6.49. The van der Waals surface area contributed by atoms with Crippen LogP contribution in [0.15, 0.2) is 30.0 Å². The fourth-order valence-electron chi connectivity index (χ4n) is 3.50. The largest absolute Gasteiger partial charge is 0.490 e. The first kappa shape index (κ1) is 22.7. The third-order valence-corrected chi connectivity index (χ3v) is 5.57. The number of hydrogen-bond donors (Lipinski definition) is 1. The molecular formula is C18H23F3N4O4S. The van der Waals surface area contributed by atoms with Crippen LogP contribution in [0.4, 0.5) is 13.2 Å². The molecule has 30 heavy (non-hydrogen) atoms. The molecule has 8 nitrogen and oxygen atoms in total. The number of carboxylic acid groups (broad SMARTS) is 1. The minimum Gasteiger partial charge on any atom is -0.475 e. The van der Waals surface area contributed by atoms with Crippen molar-refractivity contribution in [3.05, 3.63) is 35.0 Å². The van der Waals surface area contributed by atoms with Crippen LogP contribution in [0, 0.1) is 0 Å². The molecule has 2 aromatic heterocycles. The van der Waals surface area contributed by atoms with E-state index in [1.807, 2.05) is 34.7 Å². The normalized spacial score (nSPS) is 25.0. The van der Waals surface area contributed by atoms with E-state index in [9.17, 15) is 13.2 Å². The summed E-state index contributed by atoms with van der Waals surface area (Å²) in [5.74, 6) is -2.76. The van der Waals surface area contributed by atoms with Crippen LogP contribution >= 0.6 is 11.3 Å². The van der Waals surface area contributed by atoms with E-state index in [1.54, 1.807) is 11.3 Å². The molecular weight excluding hydrogens is 425 g/mol. The second kappa shape index (κ2) is 9.86. The molecule has 2 unspecified atom stereocenters. The summed E-state index contributed by atoms with van der Waals surface area (Å²) in [6, 6.07) is 1.95. The lowest BCUT2D eigenvalue weighted by Crippen LogP contribution is -2.44. The second-order valence-corrected chi connectivity index (χ2v) is 8.16. The smallest absolute Gasteiger partial charge is 0.475 e. The van der Waals surface area contributed by atoms with Gasteiger partial charge < -0.3 is 14.6 Å². The van der Waals surface area contributed by atoms with E-state index in [-0.39, 0.29) is 11.7 Å². The maximum Gasteiger partial charge on any atom is 0.490 e. The van der Waals surface area contributed by atoms with Crippen LogP contribution < -0.4 is 0 Å². The molecule has 2 aromatic rings. The molecule has 2 saturated heterocycles. The minimum atomic E-state index is -5.08. The third-order valence-electron chi connectivity index (χ3n) is 4.80. The van der Waals surface area contributed by atoms with Crippen molar-refractivity contribution in [2.45, 2.75) is 43.8 Å². The number of aromatic nitrogens is 3. The summed E-state index contributed by atoms with van der Waals surface area (Å²) in [7, 11) is 0. The van der Waals surface area contributed by atoms with Gasteiger partial charge in [-0.2, -0.15) is 18.3 Å². The Morgan fingerprint density at radius 3 is 2.83 bits per heavy atom. The molecule has 0 radical (unpaired) electrons. The SMILES string of the molecule is O=C(O)C(F)(F)F.c1cnn(CC2CCC3(COCCN(Cc4nccs4)C3)O2)c1. The van der Waals surface area contributed by atoms with E-state index in [4.69, 9.17) is 19.4 Å². The number of halogens is 3. The summed E-state index contributed by atoms with van der Waals surface area (Å²) in [5.41, 5.74) is -0.175. The van der Waals surface area contributed by atoms with Crippen molar-refractivity contribution in [2.75, 3.05) is 26.3 Å². The van der Waals surface area contributed by atoms with Crippen molar-refractivity contribution in [3.8, 4) is 0 Å². The van der Waals surface area contributed by atoms with Crippen LogP contribution in [0.3, 0.4) is 0 Å². The molecule has 0 bridgehead atoms. The first-order valence-electron chi connectivity index (χ1n) is 9.40. The van der Waals surface area contributed by atoms with Gasteiger partial charge in [-0.3, -0.25) is 9.58 Å². The molecule has 2 aliphatic rings. The Labute approximate surface area is 175 Å². The van der Waals surface area contributed by atoms with E-state index < -0.39 is 12.1 Å². The average Bonchev–Trinajstić information content (AvgIpc) is 3.40. The maximum absolute atomic E-state index is 10.6. The highest BCUT2D eigenvalue weighted by Gasteiger charge is 2.43. The Kier molecular flexibility index (Phi) is 7.45. The summed E-state index contributed by atoms with van der Waals surface area (Å²) in [6.07, 6.45) is 2.93. The van der Waals surface area contributed by atoms with Crippen molar-refractivity contribution < 1.29 is 32.5 Å². The van der Waals surface area contributed by atoms with Gasteiger partial charge >= 0.3 is 12.1 Å². The number of aliphatic carboxylic acids is 1. The van der Waals surface area contributed by atoms with E-state index in [1.165, 1.54) is 0 Å². The fourth-order valence-corrected chi connectivity index (χ4v) is 4.16. The second-order valence-electron chi connectivity index (χ2n) is 7.18. The number of hydrogen-bond acceptors (Lipinski definition) is 7. The zero-order valence-electron chi connectivity index (χ0n) is 16.1. The molecule has 0 aliphatic carbocycles. The monoisotopic (exact) mass is 448 g/mol. The fraction of sp³-hybridized carbons (Fsp3) is 0.611. The molecule has 2 fully saturated rings. The molecule has 0 saturated carbocycles. The van der Waals surface area contributed by atoms with Gasteiger partial charge in [0.1, 0.15) is 10.6 Å². The minimum absolute atomic E-state index is 0.175. The molecule has 4 rings (SSSR count). The molecule has 1 N–H and O–H groups in total. The maximum atomic E-state index is 10.6. The lowest BCUT2D eigenvalue weighted by atomic mass is 10.00. The topological polar surface area (TPSA) is 89.7 Å². The quantitative estimate of drug-likeness (QED) is 0.768. The number of carboxylic acids is 1. The van der Waals surface area contributed by atoms with Crippen molar-refractivity contribution in [1.82, 2.24) is 19.7 Å². The summed E-state index contributed by atoms with van der Waals surface area (Å²) in [4.78, 5) is 15.7. The number of nitrogens with zero attached hydrogens (tertiary/aromatic N) is 4. The number of ether oxygens (including phenoxy) is 2. The lowest BCUT2D eigenvalue weighted by Gasteiger charge is -2.31. The summed E-state index contributed by atoms with van der Waals surface area (Å²) < 4.78 is 46.0. The van der Waals surface area contributed by atoms with Crippen molar-refractivity contribution in [2.24, 2.45) is 0 Å². The first-order chi connectivity index (χ1) is 14.3. The number of alkyl halides is 3. The zero-order chi connectivity index (χ0) is 21.6. The average molecular weight is 448 g/mol. The highest BCUT2D eigenvalue weighted by atomic mass is 32.1.